The van der Waals surface area contributed by atoms with Gasteiger partial charge in [-0.25, -0.2) is 4.98 Å². The number of rotatable bonds is 5. The van der Waals surface area contributed by atoms with Crippen molar-refractivity contribution in [2.45, 2.75) is 18.6 Å². The maximum Gasteiger partial charge on any atom is 0.416 e. The van der Waals surface area contributed by atoms with Gasteiger partial charge in [-0.3, -0.25) is 0 Å². The number of nitrogens with two attached hydrogens (primary N) is 1. The topological polar surface area (TPSA) is 68.4 Å². The van der Waals surface area contributed by atoms with E-state index in [9.17, 15) is 13.2 Å². The molecule has 1 atom stereocenters. The zero-order valence-corrected chi connectivity index (χ0v) is 11.5. The minimum absolute atomic E-state index is 0.0380. The molecule has 0 amide bonds. The molecule has 1 unspecified atom stereocenters. The summed E-state index contributed by atoms with van der Waals surface area (Å²) in [4.78, 5) is 4.00. The normalized spacial score (nSPS) is 13.0. The minimum Gasteiger partial charge on any atom is -0.439 e. The Kier molecular flexibility index (Phi) is 4.99. The van der Waals surface area contributed by atoms with Crippen LogP contribution in [0.15, 0.2) is 42.6 Å². The van der Waals surface area contributed by atoms with E-state index in [4.69, 9.17) is 15.6 Å². The summed E-state index contributed by atoms with van der Waals surface area (Å²) >= 11 is 0. The molecule has 0 bridgehead atoms. The van der Waals surface area contributed by atoms with Crippen LogP contribution in [0.1, 0.15) is 23.6 Å². The van der Waals surface area contributed by atoms with Crippen molar-refractivity contribution in [1.29, 1.82) is 0 Å². The van der Waals surface area contributed by atoms with Gasteiger partial charge in [-0.15, -0.1) is 0 Å². The summed E-state index contributed by atoms with van der Waals surface area (Å²) in [7, 11) is 0. The monoisotopic (exact) mass is 312 g/mol. The minimum atomic E-state index is -4.42. The van der Waals surface area contributed by atoms with Crippen molar-refractivity contribution in [1.82, 2.24) is 4.98 Å². The van der Waals surface area contributed by atoms with Gasteiger partial charge in [-0.1, -0.05) is 12.1 Å². The third-order valence-electron chi connectivity index (χ3n) is 3.01. The second-order valence-corrected chi connectivity index (χ2v) is 4.68. The fraction of sp³-hybridized carbons (Fsp3) is 0.267. The predicted octanol–water partition coefficient (Wildman–Crippen LogP) is 3.27. The Morgan fingerprint density at radius 1 is 1.23 bits per heavy atom. The fourth-order valence-electron chi connectivity index (χ4n) is 1.83. The van der Waals surface area contributed by atoms with Crippen LogP contribution in [0.3, 0.4) is 0 Å². The van der Waals surface area contributed by atoms with Gasteiger partial charge in [0.05, 0.1) is 5.56 Å². The number of halogens is 3. The van der Waals surface area contributed by atoms with E-state index in [-0.39, 0.29) is 24.3 Å². The zero-order chi connectivity index (χ0) is 16.2. The van der Waals surface area contributed by atoms with Crippen molar-refractivity contribution in [3.63, 3.8) is 0 Å². The maximum absolute atomic E-state index is 12.6. The standard InChI is InChI=1S/C15H15F3N2O2/c16-15(17,18)11-2-1-3-12(8-11)22-14-5-4-10(9-20-14)13(19)6-7-21/h1-5,8-9,13,21H,6-7,19H2. The lowest BCUT2D eigenvalue weighted by molar-refractivity contribution is -0.137. The molecule has 0 spiro atoms. The number of hydrogen-bond donors (Lipinski definition) is 2. The lowest BCUT2D eigenvalue weighted by Crippen LogP contribution is -2.12. The van der Waals surface area contributed by atoms with Crippen LogP contribution in [-0.2, 0) is 6.18 Å². The Morgan fingerprint density at radius 3 is 2.59 bits per heavy atom. The third kappa shape index (κ3) is 4.19. The molecule has 0 aliphatic carbocycles. The molecule has 1 aromatic carbocycles. The average Bonchev–Trinajstić information content (AvgIpc) is 2.48. The van der Waals surface area contributed by atoms with Crippen LogP contribution in [0.5, 0.6) is 11.6 Å². The summed E-state index contributed by atoms with van der Waals surface area (Å²) in [5, 5.41) is 8.82. The summed E-state index contributed by atoms with van der Waals surface area (Å²) in [6, 6.07) is 7.40. The second kappa shape index (κ2) is 6.76. The van der Waals surface area contributed by atoms with Crippen LogP contribution in [-0.4, -0.2) is 16.7 Å². The molecule has 1 heterocycles. The average molecular weight is 312 g/mol. The highest BCUT2D eigenvalue weighted by Crippen LogP contribution is 2.32. The van der Waals surface area contributed by atoms with Crippen LogP contribution >= 0.6 is 0 Å². The maximum atomic E-state index is 12.6. The SMILES string of the molecule is NC(CCO)c1ccc(Oc2cccc(C(F)(F)F)c2)nc1. The van der Waals surface area contributed by atoms with Gasteiger partial charge in [0.25, 0.3) is 0 Å². The summed E-state index contributed by atoms with van der Waals surface area (Å²) in [6.45, 7) is -0.0380. The molecule has 0 aliphatic rings. The van der Waals surface area contributed by atoms with Crippen LogP contribution in [0.2, 0.25) is 0 Å². The van der Waals surface area contributed by atoms with Gasteiger partial charge >= 0.3 is 6.18 Å². The van der Waals surface area contributed by atoms with Crippen molar-refractivity contribution in [2.75, 3.05) is 6.61 Å². The number of benzene rings is 1. The van der Waals surface area contributed by atoms with Gasteiger partial charge in [-0.2, -0.15) is 13.2 Å². The van der Waals surface area contributed by atoms with Crippen molar-refractivity contribution in [2.24, 2.45) is 5.73 Å². The van der Waals surface area contributed by atoms with Crippen molar-refractivity contribution >= 4 is 0 Å². The number of ether oxygens (including phenoxy) is 1. The van der Waals surface area contributed by atoms with Gasteiger partial charge in [0, 0.05) is 24.9 Å². The van der Waals surface area contributed by atoms with Crippen LogP contribution in [0.25, 0.3) is 0 Å². The fourth-order valence-corrected chi connectivity index (χ4v) is 1.83. The first kappa shape index (κ1) is 16.3. The molecule has 0 fully saturated rings. The molecule has 22 heavy (non-hydrogen) atoms. The number of nitrogens with zero attached hydrogens (tertiary/aromatic N) is 1. The van der Waals surface area contributed by atoms with E-state index in [1.807, 2.05) is 0 Å². The molecule has 3 N–H and O–H groups in total. The summed E-state index contributed by atoms with van der Waals surface area (Å²) < 4.78 is 43.2. The first-order valence-electron chi connectivity index (χ1n) is 6.57. The zero-order valence-electron chi connectivity index (χ0n) is 11.5. The lowest BCUT2D eigenvalue weighted by atomic mass is 10.1. The molecule has 2 rings (SSSR count). The molecule has 0 aliphatic heterocycles. The van der Waals surface area contributed by atoms with E-state index in [1.165, 1.54) is 24.4 Å². The van der Waals surface area contributed by atoms with E-state index >= 15 is 0 Å². The number of pyridine rings is 1. The lowest BCUT2D eigenvalue weighted by Gasteiger charge is -2.11. The first-order valence-corrected chi connectivity index (χ1v) is 6.57. The van der Waals surface area contributed by atoms with Crippen molar-refractivity contribution in [3.05, 3.63) is 53.7 Å². The van der Waals surface area contributed by atoms with Gasteiger partial charge in [0.1, 0.15) is 5.75 Å². The highest BCUT2D eigenvalue weighted by atomic mass is 19.4. The summed E-state index contributed by atoms with van der Waals surface area (Å²) in [6.07, 6.45) is -2.55. The molecule has 2 aromatic rings. The number of alkyl halides is 3. The molecule has 0 radical (unpaired) electrons. The van der Waals surface area contributed by atoms with Crippen LogP contribution in [0.4, 0.5) is 13.2 Å². The summed E-state index contributed by atoms with van der Waals surface area (Å²) in [5.41, 5.74) is 5.74. The molecule has 1 aromatic heterocycles. The smallest absolute Gasteiger partial charge is 0.416 e. The van der Waals surface area contributed by atoms with E-state index in [1.54, 1.807) is 6.07 Å². The molecule has 7 heteroatoms. The Morgan fingerprint density at radius 2 is 2.00 bits per heavy atom. The van der Waals surface area contributed by atoms with Gasteiger partial charge in [0.15, 0.2) is 0 Å². The van der Waals surface area contributed by atoms with E-state index in [0.29, 0.717) is 12.0 Å². The largest absolute Gasteiger partial charge is 0.439 e. The van der Waals surface area contributed by atoms with E-state index in [2.05, 4.69) is 4.98 Å². The van der Waals surface area contributed by atoms with E-state index < -0.39 is 11.7 Å². The van der Waals surface area contributed by atoms with Gasteiger partial charge < -0.3 is 15.6 Å². The second-order valence-electron chi connectivity index (χ2n) is 4.68. The quantitative estimate of drug-likeness (QED) is 0.889. The molecular formula is C15H15F3N2O2. The Labute approximate surface area is 125 Å². The van der Waals surface area contributed by atoms with Crippen molar-refractivity contribution in [3.8, 4) is 11.6 Å². The Bertz CT molecular complexity index is 615. The molecule has 0 saturated carbocycles. The van der Waals surface area contributed by atoms with Gasteiger partial charge in [0.2, 0.25) is 5.88 Å². The molecule has 4 nitrogen and oxygen atoms in total. The highest BCUT2D eigenvalue weighted by Gasteiger charge is 2.30. The number of hydrogen-bond acceptors (Lipinski definition) is 4. The van der Waals surface area contributed by atoms with Gasteiger partial charge in [-0.05, 0) is 30.2 Å². The number of aliphatic hydroxyl groups is 1. The number of aliphatic hydroxyl groups excluding tert-OH is 1. The predicted molar refractivity (Wildman–Crippen MR) is 74.4 cm³/mol. The first-order chi connectivity index (χ1) is 10.4. The van der Waals surface area contributed by atoms with Crippen molar-refractivity contribution < 1.29 is 23.0 Å². The molecule has 118 valence electrons. The third-order valence-corrected chi connectivity index (χ3v) is 3.01. The highest BCUT2D eigenvalue weighted by molar-refractivity contribution is 5.33. The van der Waals surface area contributed by atoms with Crippen LogP contribution in [0, 0.1) is 0 Å². The molecule has 0 saturated heterocycles. The summed E-state index contributed by atoms with van der Waals surface area (Å²) in [5.74, 6) is 0.217. The Hall–Kier alpha value is -2.12. The van der Waals surface area contributed by atoms with E-state index in [0.717, 1.165) is 12.1 Å². The van der Waals surface area contributed by atoms with Crippen LogP contribution < -0.4 is 10.5 Å². The molecular weight excluding hydrogens is 297 g/mol. The Balaban J connectivity index is 2.11. The number of aromatic nitrogens is 1.